The van der Waals surface area contributed by atoms with E-state index in [1.165, 1.54) is 107 Å². The highest BCUT2D eigenvalue weighted by Gasteiger charge is 2.33. The number of rotatable bonds is 12. The number of aromatic nitrogens is 8. The van der Waals surface area contributed by atoms with E-state index in [0.717, 1.165) is 178 Å². The number of benzene rings is 4. The van der Waals surface area contributed by atoms with E-state index in [1.54, 1.807) is 12.4 Å². The van der Waals surface area contributed by atoms with Gasteiger partial charge >= 0.3 is 0 Å². The van der Waals surface area contributed by atoms with Gasteiger partial charge in [0.15, 0.2) is 47.1 Å². The monoisotopic (exact) mass is 1580 g/mol. The molecular weight excluding hydrogens is 1450 g/mol. The van der Waals surface area contributed by atoms with E-state index in [-0.39, 0.29) is 11.1 Å². The van der Waals surface area contributed by atoms with Gasteiger partial charge in [-0.2, -0.15) is 0 Å². The van der Waals surface area contributed by atoms with Crippen LogP contribution in [0.5, 0.6) is 0 Å². The number of fused-ring (bicyclic) bond motifs is 12. The highest BCUT2D eigenvalue weighted by Crippen LogP contribution is 2.46. The van der Waals surface area contributed by atoms with Gasteiger partial charge in [0.1, 0.15) is 28.2 Å². The fraction of sp³-hybridized carbons (Fsp3) is 0.396. The van der Waals surface area contributed by atoms with Crippen LogP contribution in [-0.2, 0) is 41.0 Å². The van der Waals surface area contributed by atoms with Crippen LogP contribution in [0.2, 0.25) is 0 Å². The molecule has 4 aliphatic carbocycles. The summed E-state index contributed by atoms with van der Waals surface area (Å²) in [5.41, 5.74) is 30.7. The standard InChI is InChI=1S/2C27H31N2O.2C26H29N2O/c1-16(2)23-13-12-21-20-11-10-17(3)25(26(20)30-27(21)28-23)24-14-22(18(4)15-29(24)5)19-8-6-7-9-19;1-16(2)23-13-12-21-20-11-10-17(3)25(26(20)30-27(21)28-23)24-14-18(4)22(15-29(24)5)19-8-6-7-9-19;1-5-19-11-13-21-20-12-10-16(2)24(25(20)29-26(21)27-19)23-14-22(17(3)15-28(23)4)18-8-6-7-9-18;1-5-19-11-13-21-20-12-10-16(2)24(25(20)29-26(21)27-19)23-14-17(3)22(15-28(23)4)18-8-6-7-9-18/h2*10-16,19H,6-9H2,1-5H3;2*10-15,18H,5-9H2,1-4H3/q4*+1/i4D3,19D;;3D3,18D;. The Bertz CT molecular complexity index is 6940. The Morgan fingerprint density at radius 2 is 0.610 bits per heavy atom. The molecule has 12 heterocycles. The van der Waals surface area contributed by atoms with Crippen molar-refractivity contribution >= 4 is 88.3 Å². The Morgan fingerprint density at radius 1 is 0.331 bits per heavy atom. The van der Waals surface area contributed by atoms with Crippen LogP contribution in [0.25, 0.3) is 133 Å². The maximum absolute atomic E-state index is 9.15. The summed E-state index contributed by atoms with van der Waals surface area (Å²) in [4.78, 5) is 19.0. The largest absolute Gasteiger partial charge is 0.437 e. The summed E-state index contributed by atoms with van der Waals surface area (Å²) in [5.74, 6) is 0.358. The van der Waals surface area contributed by atoms with Gasteiger partial charge in [0, 0.05) is 123 Å². The SMILES string of the molecule is CCc1ccc2c(n1)oc1c(-c3cc(C)c(C4CCCC4)c[n+]3C)c(C)ccc12.Cc1cc(-c2c(C)ccc3c2oc2nc(C(C)C)ccc23)[n+](C)cc1C1CCCC1.[2H]C([2H])([2H])c1c[n+](C)c(-c2c(C)ccc3c2oc2nc(C(C)C)ccc23)cc1C1([2H])CCCC1.[2H]C([2H])([2H])c1c[n+](C)c(-c2c(C)ccc3c2oc2nc(CC)ccc23)cc1C1([2H])CCCC1. The molecule has 4 saturated carbocycles. The van der Waals surface area contributed by atoms with Gasteiger partial charge < -0.3 is 17.7 Å². The smallest absolute Gasteiger partial charge is 0.227 e. The lowest BCUT2D eigenvalue weighted by atomic mass is 9.91. The van der Waals surface area contributed by atoms with Crippen molar-refractivity contribution in [3.63, 3.8) is 0 Å². The Kier molecular flexibility index (Phi) is 19.6. The van der Waals surface area contributed by atoms with Crippen LogP contribution in [0, 0.1) is 55.2 Å². The summed E-state index contributed by atoms with van der Waals surface area (Å²) in [7, 11) is 8.08. The van der Waals surface area contributed by atoms with Crippen LogP contribution < -0.4 is 18.3 Å². The van der Waals surface area contributed by atoms with Gasteiger partial charge in [0.2, 0.25) is 45.6 Å². The van der Waals surface area contributed by atoms with E-state index in [1.807, 2.05) is 55.3 Å². The average molecular weight is 1580 g/mol. The number of pyridine rings is 8. The first-order valence-corrected chi connectivity index (χ1v) is 43.5. The molecule has 0 N–H and O–H groups in total. The van der Waals surface area contributed by atoms with E-state index in [0.29, 0.717) is 66.0 Å². The van der Waals surface area contributed by atoms with E-state index < -0.39 is 25.5 Å². The second-order valence-electron chi connectivity index (χ2n) is 35.0. The van der Waals surface area contributed by atoms with Gasteiger partial charge in [-0.05, 0) is 248 Å². The quantitative estimate of drug-likeness (QED) is 0.111. The molecule has 0 unspecified atom stereocenters. The highest BCUT2D eigenvalue weighted by atomic mass is 16.4. The molecule has 12 aromatic heterocycles. The van der Waals surface area contributed by atoms with E-state index in [4.69, 9.17) is 43.6 Å². The van der Waals surface area contributed by atoms with Crippen molar-refractivity contribution < 1.29 is 46.9 Å². The van der Waals surface area contributed by atoms with Crippen molar-refractivity contribution in [1.29, 1.82) is 0 Å². The van der Waals surface area contributed by atoms with Crippen LogP contribution >= 0.6 is 0 Å². The minimum Gasteiger partial charge on any atom is -0.437 e. The minimum absolute atomic E-state index is 0.272. The number of hydrogen-bond acceptors (Lipinski definition) is 8. The molecule has 0 amide bonds. The number of aryl methyl sites for hydroxylation is 14. The molecule has 0 radical (unpaired) electrons. The van der Waals surface area contributed by atoms with Gasteiger partial charge in [0.05, 0.1) is 22.3 Å². The zero-order valence-electron chi connectivity index (χ0n) is 80.1. The van der Waals surface area contributed by atoms with Crippen molar-refractivity contribution in [3.05, 3.63) is 236 Å². The first kappa shape index (κ1) is 70.3. The van der Waals surface area contributed by atoms with E-state index in [2.05, 4.69) is 213 Å². The van der Waals surface area contributed by atoms with Gasteiger partial charge in [-0.1, -0.05) is 141 Å². The molecular formula is C106H120N8O4+4. The van der Waals surface area contributed by atoms with Crippen molar-refractivity contribution in [3.8, 4) is 45.0 Å². The molecule has 4 aliphatic rings. The summed E-state index contributed by atoms with van der Waals surface area (Å²) in [6.07, 6.45) is 27.1. The second-order valence-corrected chi connectivity index (χ2v) is 35.0. The Morgan fingerprint density at radius 3 is 0.915 bits per heavy atom. The Hall–Kier alpha value is -10.7. The lowest BCUT2D eigenvalue weighted by Crippen LogP contribution is -2.32. The molecule has 118 heavy (non-hydrogen) atoms. The molecule has 0 aliphatic heterocycles. The number of furan rings is 4. The Labute approximate surface area is 708 Å². The second kappa shape index (κ2) is 32.9. The van der Waals surface area contributed by atoms with Crippen molar-refractivity contribution in [2.24, 2.45) is 28.2 Å². The van der Waals surface area contributed by atoms with E-state index >= 15 is 0 Å². The first-order valence-electron chi connectivity index (χ1n) is 47.5. The van der Waals surface area contributed by atoms with E-state index in [9.17, 15) is 0 Å². The molecule has 0 atom stereocenters. The third-order valence-electron chi connectivity index (χ3n) is 26.3. The minimum atomic E-state index is -2.28. The summed E-state index contributed by atoms with van der Waals surface area (Å²) in [6, 6.07) is 42.4. The molecule has 0 bridgehead atoms. The molecule has 4 fully saturated rings. The number of nitrogens with zero attached hydrogens (tertiary/aromatic N) is 8. The molecule has 0 spiro atoms. The van der Waals surface area contributed by atoms with Crippen LogP contribution in [0.3, 0.4) is 0 Å². The summed E-state index contributed by atoms with van der Waals surface area (Å²) in [5, 5.41) is 8.40. The highest BCUT2D eigenvalue weighted by molar-refractivity contribution is 6.12. The number of hydrogen-bond donors (Lipinski definition) is 0. The van der Waals surface area contributed by atoms with Gasteiger partial charge in [-0.15, -0.1) is 0 Å². The van der Waals surface area contributed by atoms with Crippen molar-refractivity contribution in [2.75, 3.05) is 0 Å². The van der Waals surface area contributed by atoms with Crippen LogP contribution in [0.4, 0.5) is 0 Å². The maximum Gasteiger partial charge on any atom is 0.227 e. The molecule has 12 heteroatoms. The maximum atomic E-state index is 9.15. The van der Waals surface area contributed by atoms with Crippen molar-refractivity contribution in [2.45, 2.75) is 248 Å². The molecule has 604 valence electrons. The summed E-state index contributed by atoms with van der Waals surface area (Å²) < 4.78 is 101. The van der Waals surface area contributed by atoms with Crippen LogP contribution in [-0.4, -0.2) is 19.9 Å². The van der Waals surface area contributed by atoms with Gasteiger partial charge in [-0.25, -0.2) is 38.2 Å². The zero-order chi connectivity index (χ0) is 89.1. The van der Waals surface area contributed by atoms with Gasteiger partial charge in [-0.3, -0.25) is 0 Å². The predicted octanol–water partition coefficient (Wildman–Crippen LogP) is 26.4. The summed E-state index contributed by atoms with van der Waals surface area (Å²) >= 11 is 0. The third-order valence-corrected chi connectivity index (χ3v) is 26.3. The molecule has 16 aromatic rings. The average Bonchev–Trinajstić information content (AvgIpc) is 1.51. The Balaban J connectivity index is 0.000000119. The first-order chi connectivity index (χ1) is 60.1. The predicted molar refractivity (Wildman–Crippen MR) is 482 cm³/mol. The normalized spacial score (nSPS) is 16.8. The van der Waals surface area contributed by atoms with Crippen LogP contribution in [0.15, 0.2) is 164 Å². The fourth-order valence-electron chi connectivity index (χ4n) is 19.6. The molecule has 12 nitrogen and oxygen atoms in total. The fourth-order valence-corrected chi connectivity index (χ4v) is 19.6. The third kappa shape index (κ3) is 14.9. The van der Waals surface area contributed by atoms with Gasteiger partial charge in [0.25, 0.3) is 0 Å². The van der Waals surface area contributed by atoms with Crippen LogP contribution in [0.1, 0.15) is 280 Å². The summed E-state index contributed by atoms with van der Waals surface area (Å²) in [6.45, 7) is 21.2. The molecule has 4 aromatic carbocycles. The molecule has 0 saturated heterocycles. The topological polar surface area (TPSA) is 120 Å². The molecule has 20 rings (SSSR count). The lowest BCUT2D eigenvalue weighted by Gasteiger charge is -2.14. The van der Waals surface area contributed by atoms with Crippen molar-refractivity contribution in [1.82, 2.24) is 19.9 Å². The lowest BCUT2D eigenvalue weighted by molar-refractivity contribution is -0.661. The zero-order valence-corrected chi connectivity index (χ0v) is 72.1.